The normalized spacial score (nSPS) is 14.1. The predicted molar refractivity (Wildman–Crippen MR) is 80.9 cm³/mol. The van der Waals surface area contributed by atoms with Crippen LogP contribution in [0.1, 0.15) is 23.3 Å². The van der Waals surface area contributed by atoms with Gasteiger partial charge in [-0.2, -0.15) is 11.8 Å². The van der Waals surface area contributed by atoms with Gasteiger partial charge in [0.05, 0.1) is 5.39 Å². The van der Waals surface area contributed by atoms with E-state index in [1.54, 1.807) is 6.33 Å². The standard InChI is InChI=1S/C13H17N3S2/c1-17-7-3-6-14-12-11-9-4-2-5-10(9)18-13(11)16-8-15-12/h8H,2-7H2,1H3,(H,14,15,16). The number of aromatic nitrogens is 2. The number of hydrogen-bond acceptors (Lipinski definition) is 5. The molecule has 1 N–H and O–H groups in total. The summed E-state index contributed by atoms with van der Waals surface area (Å²) in [6.07, 6.45) is 8.72. The Morgan fingerprint density at radius 2 is 2.33 bits per heavy atom. The summed E-state index contributed by atoms with van der Waals surface area (Å²) in [7, 11) is 0. The molecule has 2 aromatic rings. The van der Waals surface area contributed by atoms with Gasteiger partial charge in [-0.05, 0) is 43.3 Å². The molecule has 0 amide bonds. The Kier molecular flexibility index (Phi) is 3.70. The smallest absolute Gasteiger partial charge is 0.138 e. The number of fused-ring (bicyclic) bond motifs is 3. The lowest BCUT2D eigenvalue weighted by Crippen LogP contribution is -2.05. The highest BCUT2D eigenvalue weighted by atomic mass is 32.2. The maximum atomic E-state index is 4.43. The Bertz CT molecular complexity index is 550. The third-order valence-electron chi connectivity index (χ3n) is 3.32. The molecular formula is C13H17N3S2. The SMILES string of the molecule is CSCCCNc1ncnc2sc3c(c12)CCC3. The lowest BCUT2D eigenvalue weighted by Gasteiger charge is -2.06. The van der Waals surface area contributed by atoms with Crippen LogP contribution in [-0.2, 0) is 12.8 Å². The van der Waals surface area contributed by atoms with E-state index in [9.17, 15) is 0 Å². The Morgan fingerprint density at radius 3 is 3.22 bits per heavy atom. The van der Waals surface area contributed by atoms with Crippen LogP contribution in [0.3, 0.4) is 0 Å². The first-order valence-corrected chi connectivity index (χ1v) is 8.59. The molecule has 3 nitrogen and oxygen atoms in total. The minimum atomic E-state index is 0.998. The monoisotopic (exact) mass is 279 g/mol. The first-order chi connectivity index (χ1) is 8.90. The van der Waals surface area contributed by atoms with Crippen LogP contribution in [0.15, 0.2) is 6.33 Å². The zero-order valence-corrected chi connectivity index (χ0v) is 12.2. The van der Waals surface area contributed by atoms with Crippen LogP contribution >= 0.6 is 23.1 Å². The quantitative estimate of drug-likeness (QED) is 0.852. The second-order valence-corrected chi connectivity index (χ2v) is 6.60. The molecule has 0 bridgehead atoms. The van der Waals surface area contributed by atoms with Crippen LogP contribution in [0.25, 0.3) is 10.2 Å². The van der Waals surface area contributed by atoms with Gasteiger partial charge in [0, 0.05) is 11.4 Å². The van der Waals surface area contributed by atoms with E-state index in [0.717, 1.165) is 17.2 Å². The number of nitrogens with zero attached hydrogens (tertiary/aromatic N) is 2. The highest BCUT2D eigenvalue weighted by molar-refractivity contribution is 7.98. The minimum absolute atomic E-state index is 0.998. The highest BCUT2D eigenvalue weighted by Crippen LogP contribution is 2.38. The van der Waals surface area contributed by atoms with Gasteiger partial charge in [0.2, 0.25) is 0 Å². The molecule has 0 saturated carbocycles. The van der Waals surface area contributed by atoms with Crippen molar-refractivity contribution < 1.29 is 0 Å². The average molecular weight is 279 g/mol. The third-order valence-corrected chi connectivity index (χ3v) is 5.22. The van der Waals surface area contributed by atoms with E-state index in [1.807, 2.05) is 23.1 Å². The van der Waals surface area contributed by atoms with E-state index in [-0.39, 0.29) is 0 Å². The lowest BCUT2D eigenvalue weighted by molar-refractivity contribution is 0.916. The lowest BCUT2D eigenvalue weighted by atomic mass is 10.2. The number of thiophene rings is 1. The first kappa shape index (κ1) is 12.2. The van der Waals surface area contributed by atoms with Crippen LogP contribution in [-0.4, -0.2) is 28.5 Å². The zero-order valence-electron chi connectivity index (χ0n) is 10.5. The van der Waals surface area contributed by atoms with Gasteiger partial charge in [-0.25, -0.2) is 9.97 Å². The molecular weight excluding hydrogens is 262 g/mol. The van der Waals surface area contributed by atoms with Crippen LogP contribution in [0, 0.1) is 0 Å². The number of hydrogen-bond donors (Lipinski definition) is 1. The fourth-order valence-electron chi connectivity index (χ4n) is 2.49. The Hall–Kier alpha value is -0.810. The van der Waals surface area contributed by atoms with Gasteiger partial charge in [-0.15, -0.1) is 11.3 Å². The average Bonchev–Trinajstić information content (AvgIpc) is 2.94. The molecule has 0 fully saturated rings. The summed E-state index contributed by atoms with van der Waals surface area (Å²) in [5.41, 5.74) is 1.50. The van der Waals surface area contributed by atoms with Crippen LogP contribution in [0.5, 0.6) is 0 Å². The summed E-state index contributed by atoms with van der Waals surface area (Å²) < 4.78 is 0. The van der Waals surface area contributed by atoms with Gasteiger partial charge in [-0.3, -0.25) is 0 Å². The number of rotatable bonds is 5. The molecule has 0 saturated heterocycles. The Balaban J connectivity index is 1.87. The summed E-state index contributed by atoms with van der Waals surface area (Å²) >= 11 is 3.74. The van der Waals surface area contributed by atoms with Gasteiger partial charge in [0.25, 0.3) is 0 Å². The number of nitrogens with one attached hydrogen (secondary N) is 1. The summed E-state index contributed by atoms with van der Waals surface area (Å²) in [5.74, 6) is 2.24. The van der Waals surface area contributed by atoms with Crippen molar-refractivity contribution in [3.8, 4) is 0 Å². The molecule has 96 valence electrons. The molecule has 5 heteroatoms. The molecule has 2 aromatic heterocycles. The van der Waals surface area contributed by atoms with Gasteiger partial charge in [-0.1, -0.05) is 0 Å². The summed E-state index contributed by atoms with van der Waals surface area (Å²) in [5, 5.41) is 4.77. The molecule has 1 aliphatic carbocycles. The first-order valence-electron chi connectivity index (χ1n) is 6.38. The van der Waals surface area contributed by atoms with Crippen molar-refractivity contribution in [3.63, 3.8) is 0 Å². The zero-order chi connectivity index (χ0) is 12.4. The Morgan fingerprint density at radius 1 is 1.39 bits per heavy atom. The minimum Gasteiger partial charge on any atom is -0.369 e. The van der Waals surface area contributed by atoms with E-state index in [2.05, 4.69) is 21.5 Å². The summed E-state index contributed by atoms with van der Waals surface area (Å²) in [6, 6.07) is 0. The second-order valence-electron chi connectivity index (χ2n) is 4.53. The fraction of sp³-hybridized carbons (Fsp3) is 0.538. The molecule has 0 atom stereocenters. The molecule has 3 rings (SSSR count). The molecule has 0 radical (unpaired) electrons. The van der Waals surface area contributed by atoms with E-state index in [1.165, 1.54) is 47.3 Å². The maximum absolute atomic E-state index is 4.43. The molecule has 0 spiro atoms. The molecule has 2 heterocycles. The van der Waals surface area contributed by atoms with Gasteiger partial charge in [0.15, 0.2) is 0 Å². The van der Waals surface area contributed by atoms with Gasteiger partial charge < -0.3 is 5.32 Å². The van der Waals surface area contributed by atoms with Crippen LogP contribution < -0.4 is 5.32 Å². The van der Waals surface area contributed by atoms with Crippen molar-refractivity contribution in [2.45, 2.75) is 25.7 Å². The predicted octanol–water partition coefficient (Wildman–Crippen LogP) is 3.35. The van der Waals surface area contributed by atoms with E-state index in [4.69, 9.17) is 0 Å². The molecule has 0 aliphatic heterocycles. The largest absolute Gasteiger partial charge is 0.369 e. The molecule has 18 heavy (non-hydrogen) atoms. The topological polar surface area (TPSA) is 37.8 Å². The van der Waals surface area contributed by atoms with Crippen molar-refractivity contribution in [2.24, 2.45) is 0 Å². The highest BCUT2D eigenvalue weighted by Gasteiger charge is 2.20. The maximum Gasteiger partial charge on any atom is 0.138 e. The molecule has 1 aliphatic rings. The summed E-state index contributed by atoms with van der Waals surface area (Å²) in [6.45, 7) is 0.998. The summed E-state index contributed by atoms with van der Waals surface area (Å²) in [4.78, 5) is 11.5. The second kappa shape index (κ2) is 5.45. The number of thioether (sulfide) groups is 1. The third kappa shape index (κ3) is 2.21. The van der Waals surface area contributed by atoms with E-state index in [0.29, 0.717) is 0 Å². The van der Waals surface area contributed by atoms with Gasteiger partial charge >= 0.3 is 0 Å². The fourth-order valence-corrected chi connectivity index (χ4v) is 4.15. The van der Waals surface area contributed by atoms with Gasteiger partial charge in [0.1, 0.15) is 17.0 Å². The van der Waals surface area contributed by atoms with Crippen molar-refractivity contribution >= 4 is 39.1 Å². The van der Waals surface area contributed by atoms with E-state index >= 15 is 0 Å². The van der Waals surface area contributed by atoms with Crippen LogP contribution in [0.2, 0.25) is 0 Å². The van der Waals surface area contributed by atoms with E-state index < -0.39 is 0 Å². The number of aryl methyl sites for hydroxylation is 2. The van der Waals surface area contributed by atoms with Crippen LogP contribution in [0.4, 0.5) is 5.82 Å². The van der Waals surface area contributed by atoms with Crippen molar-refractivity contribution in [2.75, 3.05) is 23.9 Å². The number of anilines is 1. The Labute approximate surface area is 115 Å². The van der Waals surface area contributed by atoms with Crippen molar-refractivity contribution in [1.29, 1.82) is 0 Å². The molecule has 0 aromatic carbocycles. The van der Waals surface area contributed by atoms with Crippen molar-refractivity contribution in [3.05, 3.63) is 16.8 Å². The molecule has 0 unspecified atom stereocenters. The van der Waals surface area contributed by atoms with Crippen molar-refractivity contribution in [1.82, 2.24) is 9.97 Å².